The Kier molecular flexibility index (Phi) is 7.76. The average molecular weight is 402 g/mol. The zero-order valence-corrected chi connectivity index (χ0v) is 16.8. The summed E-state index contributed by atoms with van der Waals surface area (Å²) < 4.78 is 37.6. The lowest BCUT2D eigenvalue weighted by molar-refractivity contribution is -0.141. The lowest BCUT2D eigenvalue weighted by Gasteiger charge is -2.27. The minimum atomic E-state index is -0.832. The van der Waals surface area contributed by atoms with Crippen LogP contribution < -0.4 is 4.74 Å². The van der Waals surface area contributed by atoms with Gasteiger partial charge in [-0.2, -0.15) is 0 Å². The normalized spacial score (nSPS) is 19.1. The molecule has 156 valence electrons. The van der Waals surface area contributed by atoms with Crippen molar-refractivity contribution in [3.05, 3.63) is 65.2 Å². The molecule has 0 amide bonds. The molecule has 2 aromatic rings. The summed E-state index contributed by atoms with van der Waals surface area (Å²) in [6, 6.07) is 11.3. The molecule has 1 saturated carbocycles. The van der Waals surface area contributed by atoms with Crippen LogP contribution in [0.1, 0.15) is 50.2 Å². The van der Waals surface area contributed by atoms with E-state index in [0.29, 0.717) is 18.6 Å². The van der Waals surface area contributed by atoms with Crippen molar-refractivity contribution in [1.29, 1.82) is 0 Å². The molecule has 3 rings (SSSR count). The molecule has 2 aromatic carbocycles. The fourth-order valence-corrected chi connectivity index (χ4v) is 3.66. The van der Waals surface area contributed by atoms with E-state index in [-0.39, 0.29) is 18.0 Å². The average Bonchev–Trinajstić information content (AvgIpc) is 2.74. The predicted molar refractivity (Wildman–Crippen MR) is 108 cm³/mol. The van der Waals surface area contributed by atoms with Crippen molar-refractivity contribution in [3.8, 4) is 5.75 Å². The van der Waals surface area contributed by atoms with Gasteiger partial charge >= 0.3 is 5.97 Å². The number of aryl methyl sites for hydroxylation is 2. The Hall–Kier alpha value is -2.27. The first-order chi connectivity index (χ1) is 14.0. The topological polar surface area (TPSA) is 35.5 Å². The third-order valence-electron chi connectivity index (χ3n) is 5.39. The van der Waals surface area contributed by atoms with Crippen molar-refractivity contribution in [2.75, 3.05) is 6.61 Å². The first-order valence-corrected chi connectivity index (χ1v) is 10.4. The maximum atomic E-state index is 13.3. The Labute approximate surface area is 171 Å². The number of esters is 1. The smallest absolute Gasteiger partial charge is 0.314 e. The lowest BCUT2D eigenvalue weighted by atomic mass is 9.87. The van der Waals surface area contributed by atoms with E-state index < -0.39 is 11.6 Å². The molecule has 0 N–H and O–H groups in total. The number of carbonyl (C=O) groups excluding carboxylic acids is 1. The molecule has 0 unspecified atom stereocenters. The van der Waals surface area contributed by atoms with Gasteiger partial charge in [0, 0.05) is 6.61 Å². The van der Waals surface area contributed by atoms with Crippen molar-refractivity contribution in [2.24, 2.45) is 5.92 Å². The maximum absolute atomic E-state index is 13.3. The van der Waals surface area contributed by atoms with Gasteiger partial charge in [0.25, 0.3) is 0 Å². The van der Waals surface area contributed by atoms with Crippen LogP contribution >= 0.6 is 0 Å². The fourth-order valence-electron chi connectivity index (χ4n) is 3.66. The number of rotatable bonds is 8. The zero-order valence-electron chi connectivity index (χ0n) is 16.8. The van der Waals surface area contributed by atoms with Crippen LogP contribution in [0.3, 0.4) is 0 Å². The minimum absolute atomic E-state index is 0.0653. The molecular weight excluding hydrogens is 374 g/mol. The molecular formula is C24H28F2O3. The van der Waals surface area contributed by atoms with Gasteiger partial charge < -0.3 is 9.47 Å². The van der Waals surface area contributed by atoms with Crippen LogP contribution in [0.2, 0.25) is 0 Å². The molecule has 0 spiro atoms. The first-order valence-electron chi connectivity index (χ1n) is 10.4. The van der Waals surface area contributed by atoms with Crippen LogP contribution in [0.15, 0.2) is 42.5 Å². The minimum Gasteiger partial charge on any atom is -0.426 e. The van der Waals surface area contributed by atoms with Crippen molar-refractivity contribution in [1.82, 2.24) is 0 Å². The maximum Gasteiger partial charge on any atom is 0.314 e. The van der Waals surface area contributed by atoms with Crippen molar-refractivity contribution in [3.63, 3.8) is 0 Å². The second kappa shape index (κ2) is 10.5. The molecule has 0 bridgehead atoms. The number of hydrogen-bond donors (Lipinski definition) is 0. The summed E-state index contributed by atoms with van der Waals surface area (Å²) in [5.41, 5.74) is 1.79. The van der Waals surface area contributed by atoms with Gasteiger partial charge in [-0.1, -0.05) is 25.1 Å². The molecule has 1 aliphatic carbocycles. The summed E-state index contributed by atoms with van der Waals surface area (Å²) >= 11 is 0. The number of hydrogen-bond acceptors (Lipinski definition) is 3. The number of halogens is 2. The van der Waals surface area contributed by atoms with Crippen LogP contribution in [0.25, 0.3) is 0 Å². The van der Waals surface area contributed by atoms with E-state index in [1.807, 2.05) is 12.1 Å². The second-order valence-electron chi connectivity index (χ2n) is 7.66. The highest BCUT2D eigenvalue weighted by Crippen LogP contribution is 2.28. The van der Waals surface area contributed by atoms with Crippen LogP contribution in [-0.4, -0.2) is 18.7 Å². The summed E-state index contributed by atoms with van der Waals surface area (Å²) in [5.74, 6) is -1.36. The van der Waals surface area contributed by atoms with Crippen LogP contribution in [0, 0.1) is 17.6 Å². The zero-order chi connectivity index (χ0) is 20.6. The quantitative estimate of drug-likeness (QED) is 0.423. The predicted octanol–water partition coefficient (Wildman–Crippen LogP) is 5.64. The van der Waals surface area contributed by atoms with E-state index in [4.69, 9.17) is 9.47 Å². The highest BCUT2D eigenvalue weighted by molar-refractivity contribution is 5.75. The monoisotopic (exact) mass is 402 g/mol. The molecule has 1 fully saturated rings. The van der Waals surface area contributed by atoms with Gasteiger partial charge in [0.2, 0.25) is 0 Å². The van der Waals surface area contributed by atoms with Crippen LogP contribution in [-0.2, 0) is 22.4 Å². The Balaban J connectivity index is 1.45. The fraction of sp³-hybridized carbons (Fsp3) is 0.458. The van der Waals surface area contributed by atoms with Gasteiger partial charge in [-0.3, -0.25) is 4.79 Å². The largest absolute Gasteiger partial charge is 0.426 e. The number of ether oxygens (including phenoxy) is 2. The molecule has 0 saturated heterocycles. The lowest BCUT2D eigenvalue weighted by Crippen LogP contribution is -2.29. The van der Waals surface area contributed by atoms with Crippen molar-refractivity contribution < 1.29 is 23.0 Å². The summed E-state index contributed by atoms with van der Waals surface area (Å²) in [6.07, 6.45) is 6.01. The van der Waals surface area contributed by atoms with Gasteiger partial charge in [-0.05, 0) is 80.3 Å². The molecule has 0 heterocycles. The summed E-state index contributed by atoms with van der Waals surface area (Å²) in [4.78, 5) is 12.4. The van der Waals surface area contributed by atoms with E-state index in [0.717, 1.165) is 55.9 Å². The molecule has 3 nitrogen and oxygen atoms in total. The van der Waals surface area contributed by atoms with Crippen LogP contribution in [0.4, 0.5) is 8.78 Å². The van der Waals surface area contributed by atoms with Crippen molar-refractivity contribution >= 4 is 5.97 Å². The molecule has 0 atom stereocenters. The van der Waals surface area contributed by atoms with Gasteiger partial charge in [0.05, 0.1) is 12.0 Å². The van der Waals surface area contributed by atoms with Gasteiger partial charge in [0.15, 0.2) is 11.6 Å². The van der Waals surface area contributed by atoms with Gasteiger partial charge in [-0.15, -0.1) is 0 Å². The van der Waals surface area contributed by atoms with E-state index in [9.17, 15) is 13.6 Å². The van der Waals surface area contributed by atoms with Crippen LogP contribution in [0.5, 0.6) is 5.75 Å². The van der Waals surface area contributed by atoms with E-state index in [2.05, 4.69) is 6.92 Å². The molecule has 1 aliphatic rings. The van der Waals surface area contributed by atoms with Gasteiger partial charge in [0.1, 0.15) is 5.75 Å². The first kappa shape index (κ1) is 21.4. The second-order valence-corrected chi connectivity index (χ2v) is 7.66. The van der Waals surface area contributed by atoms with Crippen molar-refractivity contribution in [2.45, 2.75) is 58.0 Å². The summed E-state index contributed by atoms with van der Waals surface area (Å²) in [6.45, 7) is 2.87. The number of carbonyl (C=O) groups is 1. The van der Waals surface area contributed by atoms with E-state index in [1.54, 1.807) is 18.2 Å². The summed E-state index contributed by atoms with van der Waals surface area (Å²) in [7, 11) is 0. The third-order valence-corrected chi connectivity index (χ3v) is 5.39. The van der Waals surface area contributed by atoms with E-state index in [1.165, 1.54) is 6.07 Å². The molecule has 0 aromatic heterocycles. The molecule has 29 heavy (non-hydrogen) atoms. The molecule has 0 radical (unpaired) electrons. The standard InChI is InChI=1S/C24H28F2O3/c1-2-15-28-20-12-8-19(9-13-20)24(27)29-21-10-5-17(6-11-21)3-4-18-7-14-22(25)23(26)16-18/h5-7,10-11,14,16,19-20H,2-4,8-9,12-13,15H2,1H3/t19-,20-. The van der Waals surface area contributed by atoms with Gasteiger partial charge in [-0.25, -0.2) is 8.78 Å². The molecule has 5 heteroatoms. The Morgan fingerprint density at radius 2 is 1.59 bits per heavy atom. The summed E-state index contributed by atoms with van der Waals surface area (Å²) in [5, 5.41) is 0. The Bertz CT molecular complexity index is 796. The molecule has 0 aliphatic heterocycles. The SMILES string of the molecule is CCCO[C@H]1CC[C@H](C(=O)Oc2ccc(CCc3ccc(F)c(F)c3)cc2)CC1. The van der Waals surface area contributed by atoms with E-state index >= 15 is 0 Å². The Morgan fingerprint density at radius 1 is 0.931 bits per heavy atom. The number of benzene rings is 2. The highest BCUT2D eigenvalue weighted by Gasteiger charge is 2.28. The third kappa shape index (κ3) is 6.36. The highest BCUT2D eigenvalue weighted by atomic mass is 19.2. The Morgan fingerprint density at radius 3 is 2.24 bits per heavy atom.